The molecule has 0 aliphatic carbocycles. The third kappa shape index (κ3) is 4.03. The highest BCUT2D eigenvalue weighted by Gasteiger charge is 2.15. The number of hydrazine groups is 1. The normalized spacial score (nSPS) is 9.82. The van der Waals surface area contributed by atoms with E-state index in [1.807, 2.05) is 0 Å². The van der Waals surface area contributed by atoms with E-state index in [1.54, 1.807) is 23.6 Å². The Bertz CT molecular complexity index is 687. The molecule has 0 aliphatic heterocycles. The molecule has 1 heterocycles. The van der Waals surface area contributed by atoms with Crippen molar-refractivity contribution in [3.63, 3.8) is 0 Å². The topological polar surface area (TPSA) is 111 Å². The molecule has 2 rings (SSSR count). The molecule has 1 aromatic carbocycles. The lowest BCUT2D eigenvalue weighted by Crippen LogP contribution is -2.43. The van der Waals surface area contributed by atoms with Gasteiger partial charge in [0.25, 0.3) is 11.8 Å². The van der Waals surface area contributed by atoms with Crippen LogP contribution in [0.3, 0.4) is 0 Å². The van der Waals surface area contributed by atoms with Crippen LogP contribution in [0, 0.1) is 10.1 Å². The third-order valence-corrected chi connectivity index (χ3v) is 3.35. The van der Waals surface area contributed by atoms with Crippen LogP contribution in [0.25, 0.3) is 0 Å². The van der Waals surface area contributed by atoms with Gasteiger partial charge in [0.2, 0.25) is 0 Å². The maximum Gasteiger partial charge on any atom is 0.310 e. The number of nitrogens with one attached hydrogen (secondary N) is 2. The van der Waals surface area contributed by atoms with Crippen LogP contribution in [0.5, 0.6) is 5.75 Å². The minimum Gasteiger partial charge on any atom is -0.477 e. The number of rotatable bonds is 5. The van der Waals surface area contributed by atoms with Gasteiger partial charge in [-0.25, -0.2) is 0 Å². The second-order valence-corrected chi connectivity index (χ2v) is 4.94. The fraction of sp³-hybridized carbons (Fsp3) is 0.0769. The van der Waals surface area contributed by atoms with Crippen molar-refractivity contribution < 1.29 is 19.2 Å². The number of carbonyl (C=O) groups is 2. The fourth-order valence-corrected chi connectivity index (χ4v) is 2.12. The number of hydrogen-bond donors (Lipinski definition) is 2. The number of carbonyl (C=O) groups excluding carboxylic acids is 2. The van der Waals surface area contributed by atoms with E-state index in [2.05, 4.69) is 10.9 Å². The van der Waals surface area contributed by atoms with Crippen molar-refractivity contribution in [1.29, 1.82) is 0 Å². The molecule has 2 N–H and O–H groups in total. The largest absolute Gasteiger partial charge is 0.477 e. The number of amides is 2. The summed E-state index contributed by atoms with van der Waals surface area (Å²) < 4.78 is 5.08. The molecule has 0 saturated heterocycles. The maximum atomic E-state index is 11.6. The van der Waals surface area contributed by atoms with Crippen molar-refractivity contribution in [3.8, 4) is 5.75 Å². The van der Waals surface area contributed by atoms with Crippen LogP contribution >= 0.6 is 11.3 Å². The van der Waals surface area contributed by atoms with Crippen molar-refractivity contribution in [2.24, 2.45) is 0 Å². The summed E-state index contributed by atoms with van der Waals surface area (Å²) >= 11 is 1.23. The van der Waals surface area contributed by atoms with Gasteiger partial charge in [-0.15, -0.1) is 11.3 Å². The van der Waals surface area contributed by atoms with Crippen LogP contribution in [-0.4, -0.2) is 23.3 Å². The Morgan fingerprint density at radius 2 is 1.95 bits per heavy atom. The average Bonchev–Trinajstić information content (AvgIpc) is 3.05. The molecule has 22 heavy (non-hydrogen) atoms. The second-order valence-electron chi connectivity index (χ2n) is 3.99. The first-order chi connectivity index (χ1) is 10.6. The Morgan fingerprint density at radius 1 is 1.18 bits per heavy atom. The standard InChI is InChI=1S/C13H11N3O5S/c17-12(14-15-13(18)11-6-3-7-22-11)8-21-10-5-2-1-4-9(10)16(19)20/h1-7H,8H2,(H,14,17)(H,15,18). The average molecular weight is 321 g/mol. The fourth-order valence-electron chi connectivity index (χ4n) is 1.51. The zero-order valence-electron chi connectivity index (χ0n) is 11.1. The smallest absolute Gasteiger partial charge is 0.310 e. The van der Waals surface area contributed by atoms with Gasteiger partial charge >= 0.3 is 5.69 Å². The van der Waals surface area contributed by atoms with Crippen LogP contribution in [0.2, 0.25) is 0 Å². The van der Waals surface area contributed by atoms with Crippen LogP contribution in [-0.2, 0) is 4.79 Å². The van der Waals surface area contributed by atoms with Gasteiger partial charge in [-0.05, 0) is 17.5 Å². The van der Waals surface area contributed by atoms with Gasteiger partial charge in [-0.1, -0.05) is 18.2 Å². The lowest BCUT2D eigenvalue weighted by Gasteiger charge is -2.08. The van der Waals surface area contributed by atoms with Crippen molar-refractivity contribution >= 4 is 28.8 Å². The number of para-hydroxylation sites is 2. The summed E-state index contributed by atoms with van der Waals surface area (Å²) in [6, 6.07) is 9.02. The summed E-state index contributed by atoms with van der Waals surface area (Å²) in [7, 11) is 0. The number of nitro groups is 1. The summed E-state index contributed by atoms with van der Waals surface area (Å²) in [5.74, 6) is -1.11. The Hall–Kier alpha value is -2.94. The van der Waals surface area contributed by atoms with Gasteiger partial charge in [0, 0.05) is 6.07 Å². The van der Waals surface area contributed by atoms with Gasteiger partial charge in [0.15, 0.2) is 12.4 Å². The zero-order valence-corrected chi connectivity index (χ0v) is 12.0. The van der Waals surface area contributed by atoms with E-state index in [4.69, 9.17) is 4.74 Å². The highest BCUT2D eigenvalue weighted by molar-refractivity contribution is 7.12. The quantitative estimate of drug-likeness (QED) is 0.640. The second kappa shape index (κ2) is 7.18. The van der Waals surface area contributed by atoms with Crippen molar-refractivity contribution in [1.82, 2.24) is 10.9 Å². The number of nitrogens with zero attached hydrogens (tertiary/aromatic N) is 1. The van der Waals surface area contributed by atoms with E-state index in [-0.39, 0.29) is 11.4 Å². The molecular formula is C13H11N3O5S. The van der Waals surface area contributed by atoms with Crippen LogP contribution in [0.15, 0.2) is 41.8 Å². The molecule has 0 radical (unpaired) electrons. The van der Waals surface area contributed by atoms with E-state index < -0.39 is 23.3 Å². The maximum absolute atomic E-state index is 11.6. The van der Waals surface area contributed by atoms with Crippen LogP contribution in [0.4, 0.5) is 5.69 Å². The molecule has 2 amide bonds. The Balaban J connectivity index is 1.83. The van der Waals surface area contributed by atoms with Crippen LogP contribution in [0.1, 0.15) is 9.67 Å². The first kappa shape index (κ1) is 15.4. The minimum atomic E-state index is -0.636. The Morgan fingerprint density at radius 3 is 2.64 bits per heavy atom. The summed E-state index contributed by atoms with van der Waals surface area (Å²) in [6.45, 7) is -0.463. The molecule has 9 heteroatoms. The highest BCUT2D eigenvalue weighted by Crippen LogP contribution is 2.25. The highest BCUT2D eigenvalue weighted by atomic mass is 32.1. The number of nitro benzene ring substituents is 1. The zero-order chi connectivity index (χ0) is 15.9. The van der Waals surface area contributed by atoms with Gasteiger partial charge in [-0.2, -0.15) is 0 Å². The molecule has 0 bridgehead atoms. The molecule has 0 saturated carbocycles. The third-order valence-electron chi connectivity index (χ3n) is 2.48. The monoisotopic (exact) mass is 321 g/mol. The molecule has 114 valence electrons. The van der Waals surface area contributed by atoms with E-state index in [0.29, 0.717) is 4.88 Å². The number of hydrogen-bond acceptors (Lipinski definition) is 6. The van der Waals surface area contributed by atoms with Gasteiger partial charge in [0.05, 0.1) is 9.80 Å². The SMILES string of the molecule is O=C(COc1ccccc1[N+](=O)[O-])NNC(=O)c1cccs1. The van der Waals surface area contributed by atoms with E-state index >= 15 is 0 Å². The lowest BCUT2D eigenvalue weighted by atomic mass is 10.3. The van der Waals surface area contributed by atoms with Crippen LogP contribution < -0.4 is 15.6 Å². The van der Waals surface area contributed by atoms with Crippen molar-refractivity contribution in [2.45, 2.75) is 0 Å². The molecule has 0 aliphatic rings. The summed E-state index contributed by atoms with van der Waals surface area (Å²) in [5, 5.41) is 12.5. The summed E-state index contributed by atoms with van der Waals surface area (Å²) in [4.78, 5) is 33.8. The van der Waals surface area contributed by atoms with E-state index in [1.165, 1.54) is 29.5 Å². The van der Waals surface area contributed by atoms with E-state index in [0.717, 1.165) is 0 Å². The molecule has 2 aromatic rings. The molecule has 1 aromatic heterocycles. The summed E-state index contributed by atoms with van der Waals surface area (Å²) in [5.41, 5.74) is 4.14. The van der Waals surface area contributed by atoms with Gasteiger partial charge in [-0.3, -0.25) is 30.6 Å². The molecule has 0 spiro atoms. The lowest BCUT2D eigenvalue weighted by molar-refractivity contribution is -0.385. The molecule has 0 fully saturated rings. The Kier molecular flexibility index (Phi) is 5.04. The summed E-state index contributed by atoms with van der Waals surface area (Å²) in [6.07, 6.45) is 0. The van der Waals surface area contributed by atoms with Gasteiger partial charge < -0.3 is 4.74 Å². The van der Waals surface area contributed by atoms with Gasteiger partial charge in [0.1, 0.15) is 0 Å². The predicted octanol–water partition coefficient (Wildman–Crippen LogP) is 1.50. The number of ether oxygens (including phenoxy) is 1. The number of thiophene rings is 1. The van der Waals surface area contributed by atoms with Crippen molar-refractivity contribution in [3.05, 3.63) is 56.8 Å². The number of benzene rings is 1. The van der Waals surface area contributed by atoms with Crippen molar-refractivity contribution in [2.75, 3.05) is 6.61 Å². The predicted molar refractivity (Wildman–Crippen MR) is 78.5 cm³/mol. The first-order valence-electron chi connectivity index (χ1n) is 6.07. The molecule has 0 atom stereocenters. The van der Waals surface area contributed by atoms with E-state index in [9.17, 15) is 19.7 Å². The molecule has 8 nitrogen and oxygen atoms in total. The first-order valence-corrected chi connectivity index (χ1v) is 6.95. The minimum absolute atomic E-state index is 0.0211. The molecular weight excluding hydrogens is 310 g/mol. The molecule has 0 unspecified atom stereocenters. The Labute approximate surface area is 128 Å².